The summed E-state index contributed by atoms with van der Waals surface area (Å²) in [6, 6.07) is 6.93. The lowest BCUT2D eigenvalue weighted by Gasteiger charge is -2.05. The summed E-state index contributed by atoms with van der Waals surface area (Å²) < 4.78 is 1.53. The first-order valence-corrected chi connectivity index (χ1v) is 5.34. The molecule has 1 heterocycles. The number of benzene rings is 1. The Kier molecular flexibility index (Phi) is 3.12. The van der Waals surface area contributed by atoms with Crippen molar-refractivity contribution in [3.8, 4) is 5.69 Å². The number of primary amides is 1. The van der Waals surface area contributed by atoms with Crippen LogP contribution in [-0.2, 0) is 6.54 Å². The minimum Gasteiger partial charge on any atom is -0.364 e. The van der Waals surface area contributed by atoms with Gasteiger partial charge in [-0.1, -0.05) is 17.7 Å². The Morgan fingerprint density at radius 3 is 2.71 bits per heavy atom. The second kappa shape index (κ2) is 4.57. The molecule has 0 unspecified atom stereocenters. The summed E-state index contributed by atoms with van der Waals surface area (Å²) >= 11 is 6.04. The summed E-state index contributed by atoms with van der Waals surface area (Å²) in [5.74, 6) is -0.562. The molecule has 0 aliphatic heterocycles. The van der Waals surface area contributed by atoms with Crippen molar-refractivity contribution in [3.05, 3.63) is 46.7 Å². The molecule has 0 bridgehead atoms. The van der Waals surface area contributed by atoms with Crippen molar-refractivity contribution in [1.29, 1.82) is 0 Å². The Morgan fingerprint density at radius 2 is 2.18 bits per heavy atom. The minimum atomic E-state index is -0.562. The van der Waals surface area contributed by atoms with Crippen molar-refractivity contribution >= 4 is 17.5 Å². The summed E-state index contributed by atoms with van der Waals surface area (Å²) in [6.45, 7) is 0.380. The molecule has 0 spiro atoms. The van der Waals surface area contributed by atoms with E-state index in [1.807, 2.05) is 12.1 Å². The van der Waals surface area contributed by atoms with Crippen LogP contribution in [0.2, 0.25) is 5.02 Å². The highest BCUT2D eigenvalue weighted by molar-refractivity contribution is 6.31. The van der Waals surface area contributed by atoms with Gasteiger partial charge in [-0.2, -0.15) is 5.10 Å². The lowest BCUT2D eigenvalue weighted by molar-refractivity contribution is 0.0995. The van der Waals surface area contributed by atoms with E-state index in [0.29, 0.717) is 11.6 Å². The molecule has 0 fully saturated rings. The van der Waals surface area contributed by atoms with Crippen molar-refractivity contribution in [2.24, 2.45) is 11.5 Å². The number of carbonyl (C=O) groups excluding carboxylic acids is 1. The first-order valence-electron chi connectivity index (χ1n) is 4.96. The van der Waals surface area contributed by atoms with E-state index in [4.69, 9.17) is 23.1 Å². The van der Waals surface area contributed by atoms with Crippen molar-refractivity contribution in [3.63, 3.8) is 0 Å². The maximum Gasteiger partial charge on any atom is 0.269 e. The first-order chi connectivity index (χ1) is 8.11. The molecule has 0 saturated carbocycles. The number of nitrogens with two attached hydrogens (primary N) is 2. The third-order valence-corrected chi connectivity index (χ3v) is 2.71. The van der Waals surface area contributed by atoms with Crippen LogP contribution in [0.5, 0.6) is 0 Å². The van der Waals surface area contributed by atoms with Crippen LogP contribution in [0, 0.1) is 0 Å². The van der Waals surface area contributed by atoms with Gasteiger partial charge in [0.25, 0.3) is 5.91 Å². The summed E-state index contributed by atoms with van der Waals surface area (Å²) in [7, 11) is 0. The molecule has 4 N–H and O–H groups in total. The van der Waals surface area contributed by atoms with E-state index in [-0.39, 0.29) is 5.69 Å². The fourth-order valence-corrected chi connectivity index (χ4v) is 1.70. The fourth-order valence-electron chi connectivity index (χ4n) is 1.44. The average Bonchev–Trinajstić information content (AvgIpc) is 2.78. The van der Waals surface area contributed by atoms with Crippen molar-refractivity contribution in [2.75, 3.05) is 0 Å². The monoisotopic (exact) mass is 250 g/mol. The number of nitrogens with zero attached hydrogens (tertiary/aromatic N) is 2. The predicted octanol–water partition coefficient (Wildman–Crippen LogP) is 1.08. The lowest BCUT2D eigenvalue weighted by Crippen LogP contribution is -2.12. The molecule has 0 atom stereocenters. The summed E-state index contributed by atoms with van der Waals surface area (Å²) in [5.41, 5.74) is 12.5. The SMILES string of the molecule is NCc1ccc(-n2ccc(C(N)=O)n2)cc1Cl. The van der Waals surface area contributed by atoms with Gasteiger partial charge in [0.1, 0.15) is 5.69 Å². The normalized spacial score (nSPS) is 10.5. The molecule has 1 aromatic heterocycles. The Labute approximate surface area is 103 Å². The van der Waals surface area contributed by atoms with Gasteiger partial charge in [0.2, 0.25) is 0 Å². The van der Waals surface area contributed by atoms with Crippen LogP contribution < -0.4 is 11.5 Å². The number of hydrogen-bond donors (Lipinski definition) is 2. The zero-order valence-corrected chi connectivity index (χ0v) is 9.69. The van der Waals surface area contributed by atoms with Gasteiger partial charge in [0, 0.05) is 17.8 Å². The van der Waals surface area contributed by atoms with Crippen LogP contribution in [0.15, 0.2) is 30.5 Å². The van der Waals surface area contributed by atoms with Gasteiger partial charge in [-0.3, -0.25) is 4.79 Å². The first kappa shape index (κ1) is 11.6. The summed E-state index contributed by atoms with van der Waals surface area (Å²) in [4.78, 5) is 10.9. The van der Waals surface area contributed by atoms with Crippen molar-refractivity contribution in [1.82, 2.24) is 9.78 Å². The highest BCUT2D eigenvalue weighted by Gasteiger charge is 2.07. The van der Waals surface area contributed by atoms with E-state index in [2.05, 4.69) is 5.10 Å². The molecule has 2 aromatic rings. The Bertz CT molecular complexity index is 564. The van der Waals surface area contributed by atoms with Crippen molar-refractivity contribution in [2.45, 2.75) is 6.54 Å². The molecule has 6 heteroatoms. The number of carbonyl (C=O) groups is 1. The van der Waals surface area contributed by atoms with E-state index in [0.717, 1.165) is 11.3 Å². The van der Waals surface area contributed by atoms with Gasteiger partial charge >= 0.3 is 0 Å². The van der Waals surface area contributed by atoms with Gasteiger partial charge in [0.05, 0.1) is 5.69 Å². The zero-order valence-electron chi connectivity index (χ0n) is 8.93. The third-order valence-electron chi connectivity index (χ3n) is 2.36. The van der Waals surface area contributed by atoms with Gasteiger partial charge in [0.15, 0.2) is 0 Å². The molecule has 0 aliphatic carbocycles. The van der Waals surface area contributed by atoms with E-state index < -0.39 is 5.91 Å². The molecule has 17 heavy (non-hydrogen) atoms. The molecule has 5 nitrogen and oxygen atoms in total. The summed E-state index contributed by atoms with van der Waals surface area (Å²) in [6.07, 6.45) is 1.65. The van der Waals surface area contributed by atoms with E-state index in [9.17, 15) is 4.79 Å². The number of amides is 1. The fraction of sp³-hybridized carbons (Fsp3) is 0.0909. The Balaban J connectivity index is 2.39. The maximum atomic E-state index is 10.9. The van der Waals surface area contributed by atoms with Crippen LogP contribution in [0.1, 0.15) is 16.1 Å². The Morgan fingerprint density at radius 1 is 1.41 bits per heavy atom. The molecule has 88 valence electrons. The molecular weight excluding hydrogens is 240 g/mol. The van der Waals surface area contributed by atoms with E-state index in [1.165, 1.54) is 4.68 Å². The van der Waals surface area contributed by atoms with Gasteiger partial charge in [-0.05, 0) is 23.8 Å². The molecular formula is C11H11ClN4O. The zero-order chi connectivity index (χ0) is 12.4. The number of halogens is 1. The largest absolute Gasteiger partial charge is 0.364 e. The second-order valence-corrected chi connectivity index (χ2v) is 3.90. The topological polar surface area (TPSA) is 86.9 Å². The third kappa shape index (κ3) is 2.30. The molecule has 2 rings (SSSR count). The van der Waals surface area contributed by atoms with Gasteiger partial charge in [-0.25, -0.2) is 4.68 Å². The maximum absolute atomic E-state index is 10.9. The van der Waals surface area contributed by atoms with Crippen LogP contribution in [0.25, 0.3) is 5.69 Å². The van der Waals surface area contributed by atoms with E-state index in [1.54, 1.807) is 18.3 Å². The second-order valence-electron chi connectivity index (χ2n) is 3.49. The Hall–Kier alpha value is -1.85. The average molecular weight is 251 g/mol. The van der Waals surface area contributed by atoms with Crippen LogP contribution in [0.4, 0.5) is 0 Å². The molecule has 1 amide bonds. The van der Waals surface area contributed by atoms with Gasteiger partial charge in [-0.15, -0.1) is 0 Å². The highest BCUT2D eigenvalue weighted by atomic mass is 35.5. The predicted molar refractivity (Wildman–Crippen MR) is 65.0 cm³/mol. The highest BCUT2D eigenvalue weighted by Crippen LogP contribution is 2.19. The standard InChI is InChI=1S/C11H11ClN4O/c12-9-5-8(2-1-7(9)6-13)16-4-3-10(15-16)11(14)17/h1-5H,6,13H2,(H2,14,17). The van der Waals surface area contributed by atoms with Crippen LogP contribution in [0.3, 0.4) is 0 Å². The quantitative estimate of drug-likeness (QED) is 0.855. The summed E-state index contributed by atoms with van der Waals surface area (Å²) in [5, 5.41) is 4.60. The van der Waals surface area contributed by atoms with Crippen LogP contribution >= 0.6 is 11.6 Å². The van der Waals surface area contributed by atoms with Crippen LogP contribution in [-0.4, -0.2) is 15.7 Å². The minimum absolute atomic E-state index is 0.212. The molecule has 0 saturated heterocycles. The van der Waals surface area contributed by atoms with E-state index >= 15 is 0 Å². The molecule has 1 aromatic carbocycles. The molecule has 0 aliphatic rings. The van der Waals surface area contributed by atoms with Gasteiger partial charge < -0.3 is 11.5 Å². The number of rotatable bonds is 3. The number of hydrogen-bond acceptors (Lipinski definition) is 3. The van der Waals surface area contributed by atoms with Crippen molar-refractivity contribution < 1.29 is 4.79 Å². The number of aromatic nitrogens is 2. The smallest absolute Gasteiger partial charge is 0.269 e. The lowest BCUT2D eigenvalue weighted by atomic mass is 10.2. The molecule has 0 radical (unpaired) electrons.